The van der Waals surface area contributed by atoms with Crippen LogP contribution in [0.5, 0.6) is 0 Å². The number of fused-ring (bicyclic) bond motifs is 1. The van der Waals surface area contributed by atoms with Gasteiger partial charge >= 0.3 is 0 Å². The molecule has 1 N–H and O–H groups in total. The largest absolute Gasteiger partial charge is 0.321 e. The molecule has 1 heterocycles. The van der Waals surface area contributed by atoms with Gasteiger partial charge in [0.1, 0.15) is 0 Å². The first-order valence-corrected chi connectivity index (χ1v) is 10.5. The maximum atomic E-state index is 12.5. The summed E-state index contributed by atoms with van der Waals surface area (Å²) in [6, 6.07) is 10.7. The second-order valence-electron chi connectivity index (χ2n) is 6.39. The minimum absolute atomic E-state index is 0.144. The van der Waals surface area contributed by atoms with Crippen molar-refractivity contribution in [2.45, 2.75) is 26.3 Å². The van der Waals surface area contributed by atoms with Gasteiger partial charge in [0.2, 0.25) is 10.0 Å². The third-order valence-corrected chi connectivity index (χ3v) is 6.15. The van der Waals surface area contributed by atoms with E-state index in [0.29, 0.717) is 23.4 Å². The Labute approximate surface area is 156 Å². The lowest BCUT2D eigenvalue weighted by atomic mass is 10.1. The van der Waals surface area contributed by atoms with Crippen LogP contribution in [-0.4, -0.2) is 26.6 Å². The molecule has 3 rings (SSSR count). The highest BCUT2D eigenvalue weighted by molar-refractivity contribution is 9.10. The van der Waals surface area contributed by atoms with Crippen LogP contribution < -0.4 is 9.62 Å². The molecule has 0 bridgehead atoms. The van der Waals surface area contributed by atoms with Gasteiger partial charge in [0.25, 0.3) is 5.91 Å². The van der Waals surface area contributed by atoms with Crippen LogP contribution in [0.15, 0.2) is 40.9 Å². The molecule has 1 unspecified atom stereocenters. The number of nitrogens with zero attached hydrogens (tertiary/aromatic N) is 1. The Kier molecular flexibility index (Phi) is 4.64. The summed E-state index contributed by atoms with van der Waals surface area (Å²) in [6.07, 6.45) is 1.80. The zero-order valence-electron chi connectivity index (χ0n) is 14.2. The Morgan fingerprint density at radius 3 is 2.60 bits per heavy atom. The van der Waals surface area contributed by atoms with Gasteiger partial charge in [0.15, 0.2) is 0 Å². The number of carbonyl (C=O) groups excluding carboxylic acids is 1. The van der Waals surface area contributed by atoms with Crippen molar-refractivity contribution in [3.8, 4) is 0 Å². The van der Waals surface area contributed by atoms with Gasteiger partial charge in [-0.15, -0.1) is 0 Å². The molecule has 1 aliphatic heterocycles. The Morgan fingerprint density at radius 1 is 1.24 bits per heavy atom. The highest BCUT2D eigenvalue weighted by Gasteiger charge is 2.32. The molecular formula is C18H19BrN2O3S. The molecule has 0 saturated heterocycles. The van der Waals surface area contributed by atoms with E-state index in [4.69, 9.17) is 0 Å². The average molecular weight is 423 g/mol. The normalized spacial score (nSPS) is 16.6. The maximum absolute atomic E-state index is 12.5. The lowest BCUT2D eigenvalue weighted by Crippen LogP contribution is -2.34. The number of benzene rings is 2. The van der Waals surface area contributed by atoms with Crippen molar-refractivity contribution < 1.29 is 13.2 Å². The van der Waals surface area contributed by atoms with E-state index in [1.54, 1.807) is 18.2 Å². The van der Waals surface area contributed by atoms with E-state index >= 15 is 0 Å². The molecule has 7 heteroatoms. The van der Waals surface area contributed by atoms with Crippen LogP contribution in [-0.2, 0) is 16.4 Å². The van der Waals surface area contributed by atoms with Crippen LogP contribution in [0.25, 0.3) is 0 Å². The van der Waals surface area contributed by atoms with E-state index in [0.717, 1.165) is 15.6 Å². The van der Waals surface area contributed by atoms with Crippen LogP contribution in [0.1, 0.15) is 28.4 Å². The van der Waals surface area contributed by atoms with Crippen LogP contribution >= 0.6 is 15.9 Å². The van der Waals surface area contributed by atoms with Crippen molar-refractivity contribution in [2.75, 3.05) is 15.9 Å². The first kappa shape index (κ1) is 17.9. The second-order valence-corrected chi connectivity index (χ2v) is 9.11. The number of aryl methyl sites for hydroxylation is 1. The molecule has 1 amide bonds. The molecule has 132 valence electrons. The fourth-order valence-corrected chi connectivity index (χ4v) is 5.02. The van der Waals surface area contributed by atoms with Gasteiger partial charge in [-0.25, -0.2) is 8.42 Å². The van der Waals surface area contributed by atoms with Gasteiger partial charge in [-0.05, 0) is 77.7 Å². The molecule has 0 radical (unpaired) electrons. The van der Waals surface area contributed by atoms with Crippen LogP contribution in [0.3, 0.4) is 0 Å². The van der Waals surface area contributed by atoms with Crippen molar-refractivity contribution in [1.82, 2.24) is 0 Å². The molecule has 1 aliphatic rings. The quantitative estimate of drug-likeness (QED) is 0.819. The molecule has 2 aromatic rings. The number of carbonyl (C=O) groups is 1. The maximum Gasteiger partial charge on any atom is 0.255 e. The number of anilines is 2. The molecule has 0 aliphatic carbocycles. The van der Waals surface area contributed by atoms with Crippen molar-refractivity contribution in [3.63, 3.8) is 0 Å². The smallest absolute Gasteiger partial charge is 0.255 e. The number of rotatable bonds is 3. The van der Waals surface area contributed by atoms with Crippen molar-refractivity contribution >= 4 is 43.2 Å². The first-order valence-electron chi connectivity index (χ1n) is 7.86. The molecule has 0 saturated carbocycles. The topological polar surface area (TPSA) is 66.5 Å². The lowest BCUT2D eigenvalue weighted by Gasteiger charge is -2.21. The Balaban J connectivity index is 1.88. The van der Waals surface area contributed by atoms with Gasteiger partial charge < -0.3 is 5.32 Å². The summed E-state index contributed by atoms with van der Waals surface area (Å²) in [5.74, 6) is -0.224. The average Bonchev–Trinajstić information content (AvgIpc) is 2.84. The molecule has 0 spiro atoms. The van der Waals surface area contributed by atoms with Gasteiger partial charge in [-0.1, -0.05) is 6.07 Å². The molecule has 0 fully saturated rings. The summed E-state index contributed by atoms with van der Waals surface area (Å²) >= 11 is 3.45. The van der Waals surface area contributed by atoms with Crippen molar-refractivity contribution in [1.29, 1.82) is 0 Å². The van der Waals surface area contributed by atoms with E-state index in [2.05, 4.69) is 21.2 Å². The minimum atomic E-state index is -3.33. The van der Waals surface area contributed by atoms with Crippen LogP contribution in [0, 0.1) is 6.92 Å². The van der Waals surface area contributed by atoms with Gasteiger partial charge in [0, 0.05) is 16.1 Å². The summed E-state index contributed by atoms with van der Waals surface area (Å²) in [7, 11) is -3.33. The summed E-state index contributed by atoms with van der Waals surface area (Å²) in [5, 5.41) is 2.88. The predicted octanol–water partition coefficient (Wildman–Crippen LogP) is 3.72. The summed E-state index contributed by atoms with van der Waals surface area (Å²) < 4.78 is 26.2. The van der Waals surface area contributed by atoms with Gasteiger partial charge in [-0.3, -0.25) is 9.10 Å². The Bertz CT molecular complexity index is 957. The van der Waals surface area contributed by atoms with Crippen molar-refractivity contribution in [3.05, 3.63) is 57.6 Å². The monoisotopic (exact) mass is 422 g/mol. The Hall–Kier alpha value is -1.86. The third kappa shape index (κ3) is 3.57. The van der Waals surface area contributed by atoms with Crippen LogP contribution in [0.4, 0.5) is 11.4 Å². The zero-order chi connectivity index (χ0) is 18.4. The molecule has 2 aromatic carbocycles. The standard InChI is InChI=1S/C18H19BrN2O3S/c1-11-4-6-16(15(19)8-11)20-18(22)13-5-7-17-14(10-13)9-12(2)21(17)25(3,23)24/h4-8,10,12H,9H2,1-3H3,(H,20,22). The number of hydrogen-bond donors (Lipinski definition) is 1. The zero-order valence-corrected chi connectivity index (χ0v) is 16.6. The van der Waals surface area contributed by atoms with E-state index in [9.17, 15) is 13.2 Å². The predicted molar refractivity (Wildman–Crippen MR) is 104 cm³/mol. The molecule has 5 nitrogen and oxygen atoms in total. The van der Waals surface area contributed by atoms with E-state index in [-0.39, 0.29) is 11.9 Å². The number of nitrogens with one attached hydrogen (secondary N) is 1. The van der Waals surface area contributed by atoms with Gasteiger partial charge in [0.05, 0.1) is 17.6 Å². The SMILES string of the molecule is Cc1ccc(NC(=O)c2ccc3c(c2)CC(C)N3S(C)(=O)=O)c(Br)c1. The number of amides is 1. The first-order chi connectivity index (χ1) is 11.7. The van der Waals surface area contributed by atoms with Gasteiger partial charge in [-0.2, -0.15) is 0 Å². The third-order valence-electron chi connectivity index (χ3n) is 4.22. The fourth-order valence-electron chi connectivity index (χ4n) is 3.17. The molecule has 0 aromatic heterocycles. The highest BCUT2D eigenvalue weighted by atomic mass is 79.9. The lowest BCUT2D eigenvalue weighted by molar-refractivity contribution is 0.102. The van der Waals surface area contributed by atoms with E-state index < -0.39 is 10.0 Å². The van der Waals surface area contributed by atoms with Crippen molar-refractivity contribution in [2.24, 2.45) is 0 Å². The molecular weight excluding hydrogens is 404 g/mol. The summed E-state index contributed by atoms with van der Waals surface area (Å²) in [4.78, 5) is 12.5. The molecule has 25 heavy (non-hydrogen) atoms. The van der Waals surface area contributed by atoms with Crippen LogP contribution in [0.2, 0.25) is 0 Å². The minimum Gasteiger partial charge on any atom is -0.321 e. The van der Waals surface area contributed by atoms with E-state index in [1.165, 1.54) is 10.6 Å². The van der Waals surface area contributed by atoms with E-state index in [1.807, 2.05) is 32.0 Å². The number of halogens is 1. The summed E-state index contributed by atoms with van der Waals surface area (Å²) in [5.41, 5.74) is 3.82. The number of hydrogen-bond acceptors (Lipinski definition) is 3. The summed E-state index contributed by atoms with van der Waals surface area (Å²) in [6.45, 7) is 3.84. The second kappa shape index (κ2) is 6.46. The Morgan fingerprint density at radius 2 is 1.96 bits per heavy atom. The highest BCUT2D eigenvalue weighted by Crippen LogP contribution is 2.35. The molecule has 1 atom stereocenters. The fraction of sp³-hybridized carbons (Fsp3) is 0.278. The number of sulfonamides is 1.